The van der Waals surface area contributed by atoms with Crippen LogP contribution in [0.4, 0.5) is 0 Å². The van der Waals surface area contributed by atoms with Crippen LogP contribution < -0.4 is 10.4 Å². The van der Waals surface area contributed by atoms with Crippen molar-refractivity contribution in [3.63, 3.8) is 0 Å². The molecule has 0 saturated heterocycles. The Balaban J connectivity index is 0.000000137. The Morgan fingerprint density at radius 2 is 0.781 bits per heavy atom. The molecule has 0 N–H and O–H groups in total. The standard InChI is InChI=1S/C12H10Si.2C9H7.Hf/c1-3-7-11(8-4-1)13-12-9-5-2-6-10-12;2*1-2-5-9-7-3-6-8(9)4-1;/h1-10H;2*1-7H;/q;2*-1;. The average Bonchev–Trinajstić information content (AvgIpc) is 3.51. The maximum atomic E-state index is 2.17. The summed E-state index contributed by atoms with van der Waals surface area (Å²) in [5.41, 5.74) is 0. The van der Waals surface area contributed by atoms with Crippen LogP contribution in [-0.2, 0) is 25.8 Å². The summed E-state index contributed by atoms with van der Waals surface area (Å²) in [6, 6.07) is 50.5. The summed E-state index contributed by atoms with van der Waals surface area (Å²) in [4.78, 5) is 0. The van der Waals surface area contributed by atoms with Gasteiger partial charge in [0, 0.05) is 25.8 Å². The van der Waals surface area contributed by atoms with Gasteiger partial charge in [-0.05, 0) is 0 Å². The number of hydrogen-bond acceptors (Lipinski definition) is 0. The van der Waals surface area contributed by atoms with Crippen molar-refractivity contribution in [2.75, 3.05) is 0 Å². The Kier molecular flexibility index (Phi) is 9.61. The van der Waals surface area contributed by atoms with Gasteiger partial charge >= 0.3 is 0 Å². The fourth-order valence-electron chi connectivity index (χ4n) is 3.35. The number of fused-ring (bicyclic) bond motifs is 2. The van der Waals surface area contributed by atoms with Crippen LogP contribution in [0.1, 0.15) is 0 Å². The third-order valence-corrected chi connectivity index (χ3v) is 6.18. The molecule has 0 heterocycles. The van der Waals surface area contributed by atoms with Gasteiger partial charge in [0.1, 0.15) is 9.52 Å². The molecule has 2 heteroatoms. The van der Waals surface area contributed by atoms with E-state index in [1.165, 1.54) is 31.9 Å². The fourth-order valence-corrected chi connectivity index (χ4v) is 4.40. The molecule has 154 valence electrons. The van der Waals surface area contributed by atoms with E-state index in [0.29, 0.717) is 0 Å². The van der Waals surface area contributed by atoms with E-state index in [-0.39, 0.29) is 25.8 Å². The van der Waals surface area contributed by atoms with Crippen LogP contribution >= 0.6 is 0 Å². The van der Waals surface area contributed by atoms with E-state index in [9.17, 15) is 0 Å². The van der Waals surface area contributed by atoms with Crippen molar-refractivity contribution in [3.05, 3.63) is 146 Å². The molecule has 2 radical (unpaired) electrons. The van der Waals surface area contributed by atoms with Crippen LogP contribution in [0.2, 0.25) is 0 Å². The second kappa shape index (κ2) is 12.9. The van der Waals surface area contributed by atoms with Gasteiger partial charge < -0.3 is 0 Å². The average molecular weight is 591 g/mol. The first kappa shape index (κ1) is 23.8. The molecule has 0 amide bonds. The first-order valence-electron chi connectivity index (χ1n) is 10.5. The Morgan fingerprint density at radius 3 is 1.19 bits per heavy atom. The largest absolute Gasteiger partial charge is 0.168 e. The maximum Gasteiger partial charge on any atom is 0.121 e. The van der Waals surface area contributed by atoms with Crippen molar-refractivity contribution >= 4 is 41.4 Å². The monoisotopic (exact) mass is 592 g/mol. The maximum absolute atomic E-state index is 2.17. The van der Waals surface area contributed by atoms with Crippen LogP contribution in [0.5, 0.6) is 0 Å². The zero-order chi connectivity index (χ0) is 21.1. The molecule has 0 aliphatic heterocycles. The fraction of sp³-hybridized carbons (Fsp3) is 0. The van der Waals surface area contributed by atoms with Crippen molar-refractivity contribution in [2.45, 2.75) is 0 Å². The molecular formula is C30H24HfSi-2. The van der Waals surface area contributed by atoms with E-state index >= 15 is 0 Å². The van der Waals surface area contributed by atoms with E-state index in [2.05, 4.69) is 146 Å². The predicted octanol–water partition coefficient (Wildman–Crippen LogP) is 6.46. The molecule has 6 aromatic carbocycles. The molecule has 0 nitrogen and oxygen atoms in total. The van der Waals surface area contributed by atoms with E-state index in [4.69, 9.17) is 0 Å². The molecule has 0 aliphatic carbocycles. The number of benzene rings is 4. The third-order valence-electron chi connectivity index (χ3n) is 4.93. The summed E-state index contributed by atoms with van der Waals surface area (Å²) in [7, 11) is 0.777. The smallest absolute Gasteiger partial charge is 0.121 e. The molecule has 0 fully saturated rings. The van der Waals surface area contributed by atoms with Crippen molar-refractivity contribution in [1.82, 2.24) is 0 Å². The van der Waals surface area contributed by atoms with Crippen LogP contribution in [0.3, 0.4) is 0 Å². The van der Waals surface area contributed by atoms with Gasteiger partial charge in [-0.1, -0.05) is 83.2 Å². The zero-order valence-corrected chi connectivity index (χ0v) is 22.4. The predicted molar refractivity (Wildman–Crippen MR) is 137 cm³/mol. The molecule has 0 atom stereocenters. The van der Waals surface area contributed by atoms with E-state index < -0.39 is 0 Å². The van der Waals surface area contributed by atoms with Crippen molar-refractivity contribution in [1.29, 1.82) is 0 Å². The second-order valence-electron chi connectivity index (χ2n) is 7.17. The van der Waals surface area contributed by atoms with E-state index in [1.54, 1.807) is 0 Å². The van der Waals surface area contributed by atoms with Crippen molar-refractivity contribution < 1.29 is 25.8 Å². The molecule has 0 aliphatic rings. The Hall–Kier alpha value is -2.81. The van der Waals surface area contributed by atoms with Crippen LogP contribution in [0.15, 0.2) is 146 Å². The van der Waals surface area contributed by atoms with Crippen LogP contribution in [0, 0.1) is 0 Å². The number of hydrogen-bond donors (Lipinski definition) is 0. The minimum Gasteiger partial charge on any atom is -0.168 e. The van der Waals surface area contributed by atoms with Gasteiger partial charge in [0.05, 0.1) is 0 Å². The molecule has 0 aromatic heterocycles. The van der Waals surface area contributed by atoms with Crippen molar-refractivity contribution in [3.8, 4) is 0 Å². The first-order valence-corrected chi connectivity index (χ1v) is 11.5. The minimum absolute atomic E-state index is 0. The van der Waals surface area contributed by atoms with Gasteiger partial charge in [-0.25, -0.2) is 0 Å². The topological polar surface area (TPSA) is 0 Å². The summed E-state index contributed by atoms with van der Waals surface area (Å²) in [5, 5.41) is 8.12. The molecule has 0 saturated carbocycles. The van der Waals surface area contributed by atoms with Gasteiger partial charge in [-0.15, -0.1) is 59.3 Å². The number of rotatable bonds is 2. The quantitative estimate of drug-likeness (QED) is 0.160. The summed E-state index contributed by atoms with van der Waals surface area (Å²) in [5.74, 6) is 0. The summed E-state index contributed by atoms with van der Waals surface area (Å²) >= 11 is 0. The second-order valence-corrected chi connectivity index (χ2v) is 8.57. The third kappa shape index (κ3) is 7.12. The Bertz CT molecular complexity index is 1140. The Morgan fingerprint density at radius 1 is 0.406 bits per heavy atom. The molecule has 0 unspecified atom stereocenters. The van der Waals surface area contributed by atoms with Crippen LogP contribution in [0.25, 0.3) is 21.5 Å². The van der Waals surface area contributed by atoms with E-state index in [0.717, 1.165) is 9.52 Å². The first-order chi connectivity index (χ1) is 15.4. The van der Waals surface area contributed by atoms with Gasteiger partial charge in [0.15, 0.2) is 0 Å². The molecule has 0 spiro atoms. The van der Waals surface area contributed by atoms with Crippen LogP contribution in [-0.4, -0.2) is 9.52 Å². The van der Waals surface area contributed by atoms with Gasteiger partial charge in [0.2, 0.25) is 0 Å². The van der Waals surface area contributed by atoms with Gasteiger partial charge in [-0.2, -0.15) is 35.0 Å². The normalized spacial score (nSPS) is 9.75. The zero-order valence-electron chi connectivity index (χ0n) is 17.9. The summed E-state index contributed by atoms with van der Waals surface area (Å²) in [6.45, 7) is 0. The molecular weight excluding hydrogens is 567 g/mol. The Labute approximate surface area is 211 Å². The summed E-state index contributed by atoms with van der Waals surface area (Å²) in [6.07, 6.45) is 0. The SMILES string of the molecule is [Hf].c1ccc([Si]c2ccccc2)cc1.c1ccc2[cH-]ccc2c1.c1ccc2[cH-]ccc2c1. The minimum atomic E-state index is 0. The van der Waals surface area contributed by atoms with Gasteiger partial charge in [0.25, 0.3) is 0 Å². The molecule has 6 aromatic rings. The molecule has 6 rings (SSSR count). The molecule has 0 bridgehead atoms. The summed E-state index contributed by atoms with van der Waals surface area (Å²) < 4.78 is 0. The van der Waals surface area contributed by atoms with E-state index in [1.807, 2.05) is 0 Å². The van der Waals surface area contributed by atoms with Crippen molar-refractivity contribution in [2.24, 2.45) is 0 Å². The molecule has 32 heavy (non-hydrogen) atoms. The van der Waals surface area contributed by atoms with Gasteiger partial charge in [-0.3, -0.25) is 0 Å².